The Hall–Kier alpha value is -3.91. The number of rotatable bonds is 7. The van der Waals surface area contributed by atoms with Crippen LogP contribution in [0, 0.1) is 0 Å². The Morgan fingerprint density at radius 2 is 1.97 bits per heavy atom. The maximum atomic E-state index is 13.1. The van der Waals surface area contributed by atoms with Crippen LogP contribution in [0.3, 0.4) is 0 Å². The fourth-order valence-electron chi connectivity index (χ4n) is 3.74. The molecule has 4 heterocycles. The van der Waals surface area contributed by atoms with Gasteiger partial charge in [-0.25, -0.2) is 4.98 Å². The lowest BCUT2D eigenvalue weighted by molar-refractivity contribution is -0.123. The van der Waals surface area contributed by atoms with Gasteiger partial charge in [0.15, 0.2) is 0 Å². The predicted molar refractivity (Wildman–Crippen MR) is 125 cm³/mol. The van der Waals surface area contributed by atoms with Crippen molar-refractivity contribution in [1.82, 2.24) is 25.0 Å². The Balaban J connectivity index is 1.35. The Bertz CT molecular complexity index is 1350. The zero-order chi connectivity index (χ0) is 21.9. The summed E-state index contributed by atoms with van der Waals surface area (Å²) in [5.41, 5.74) is 3.54. The number of thiophene rings is 1. The molecule has 160 valence electrons. The molecule has 4 aromatic heterocycles. The first-order valence-electron chi connectivity index (χ1n) is 10.3. The molecule has 2 amide bonds. The number of para-hydroxylation sites is 1. The van der Waals surface area contributed by atoms with Crippen molar-refractivity contribution >= 4 is 39.7 Å². The van der Waals surface area contributed by atoms with Crippen molar-refractivity contribution in [3.8, 4) is 0 Å². The Kier molecular flexibility index (Phi) is 5.43. The summed E-state index contributed by atoms with van der Waals surface area (Å²) in [6.07, 6.45) is 6.06. The first-order chi connectivity index (χ1) is 15.7. The zero-order valence-corrected chi connectivity index (χ0v) is 17.9. The molecular formula is C24H21N5O2S. The van der Waals surface area contributed by atoms with Gasteiger partial charge in [-0.15, -0.1) is 11.3 Å². The van der Waals surface area contributed by atoms with Crippen LogP contribution < -0.4 is 10.6 Å². The number of fused-ring (bicyclic) bond motifs is 2. The number of hydrogen-bond donors (Lipinski definition) is 3. The minimum Gasteiger partial charge on any atom is -0.361 e. The van der Waals surface area contributed by atoms with Gasteiger partial charge in [-0.1, -0.05) is 30.3 Å². The van der Waals surface area contributed by atoms with Crippen LogP contribution >= 0.6 is 11.3 Å². The van der Waals surface area contributed by atoms with Gasteiger partial charge in [0, 0.05) is 35.9 Å². The average Bonchev–Trinajstić information content (AvgIpc) is 3.56. The van der Waals surface area contributed by atoms with E-state index in [-0.39, 0.29) is 18.4 Å². The van der Waals surface area contributed by atoms with E-state index in [0.717, 1.165) is 27.8 Å². The third kappa shape index (κ3) is 4.13. The lowest BCUT2D eigenvalue weighted by atomic mass is 10.0. The SMILES string of the molecule is O=C(N[C@@H](Cc1c[nH]c2ccccc12)C(=O)NCc1cn2ccccc2n1)c1cccs1. The summed E-state index contributed by atoms with van der Waals surface area (Å²) in [7, 11) is 0. The second-order valence-corrected chi connectivity index (χ2v) is 8.43. The molecule has 7 nitrogen and oxygen atoms in total. The fraction of sp³-hybridized carbons (Fsp3) is 0.125. The number of imidazole rings is 1. The third-order valence-corrected chi connectivity index (χ3v) is 6.19. The van der Waals surface area contributed by atoms with E-state index in [2.05, 4.69) is 20.6 Å². The molecule has 0 unspecified atom stereocenters. The average molecular weight is 444 g/mol. The molecule has 0 aliphatic carbocycles. The summed E-state index contributed by atoms with van der Waals surface area (Å²) in [6, 6.07) is 16.5. The Labute approximate surface area is 188 Å². The van der Waals surface area contributed by atoms with E-state index < -0.39 is 6.04 Å². The highest BCUT2D eigenvalue weighted by atomic mass is 32.1. The lowest BCUT2D eigenvalue weighted by Gasteiger charge is -2.18. The van der Waals surface area contributed by atoms with Crippen molar-refractivity contribution < 1.29 is 9.59 Å². The summed E-state index contributed by atoms with van der Waals surface area (Å²) in [5, 5.41) is 8.72. The molecular weight excluding hydrogens is 422 g/mol. The summed E-state index contributed by atoms with van der Waals surface area (Å²) in [4.78, 5) is 34.2. The molecule has 5 rings (SSSR count). The van der Waals surface area contributed by atoms with Crippen molar-refractivity contribution in [2.75, 3.05) is 0 Å². The topological polar surface area (TPSA) is 91.3 Å². The van der Waals surface area contributed by atoms with E-state index in [1.54, 1.807) is 6.07 Å². The summed E-state index contributed by atoms with van der Waals surface area (Å²) in [5.74, 6) is -0.509. The van der Waals surface area contributed by atoms with Crippen LogP contribution in [-0.4, -0.2) is 32.2 Å². The molecule has 0 aliphatic rings. The lowest BCUT2D eigenvalue weighted by Crippen LogP contribution is -2.47. The van der Waals surface area contributed by atoms with Crippen molar-refractivity contribution in [2.24, 2.45) is 0 Å². The van der Waals surface area contributed by atoms with Crippen molar-refractivity contribution in [1.29, 1.82) is 0 Å². The first kappa shape index (κ1) is 20.0. The van der Waals surface area contributed by atoms with Gasteiger partial charge in [-0.05, 0) is 35.2 Å². The zero-order valence-electron chi connectivity index (χ0n) is 17.1. The maximum Gasteiger partial charge on any atom is 0.262 e. The van der Waals surface area contributed by atoms with Gasteiger partial charge in [0.05, 0.1) is 17.1 Å². The van der Waals surface area contributed by atoms with Crippen LogP contribution in [0.2, 0.25) is 0 Å². The largest absolute Gasteiger partial charge is 0.361 e. The van der Waals surface area contributed by atoms with Gasteiger partial charge in [0.2, 0.25) is 5.91 Å². The molecule has 1 atom stereocenters. The minimum atomic E-state index is -0.721. The summed E-state index contributed by atoms with van der Waals surface area (Å²) >= 11 is 1.35. The summed E-state index contributed by atoms with van der Waals surface area (Å²) in [6.45, 7) is 0.278. The number of hydrogen-bond acceptors (Lipinski definition) is 4. The number of carbonyl (C=O) groups excluding carboxylic acids is 2. The highest BCUT2D eigenvalue weighted by Crippen LogP contribution is 2.19. The smallest absolute Gasteiger partial charge is 0.262 e. The predicted octanol–water partition coefficient (Wildman–Crippen LogP) is 3.53. The number of nitrogens with one attached hydrogen (secondary N) is 3. The molecule has 0 saturated heterocycles. The normalized spacial score (nSPS) is 12.1. The first-order valence-corrected chi connectivity index (χ1v) is 11.1. The molecule has 3 N–H and O–H groups in total. The van der Waals surface area contributed by atoms with Crippen LogP contribution in [0.1, 0.15) is 20.9 Å². The van der Waals surface area contributed by atoms with Crippen LogP contribution in [0.4, 0.5) is 0 Å². The van der Waals surface area contributed by atoms with E-state index in [1.165, 1.54) is 11.3 Å². The molecule has 0 aliphatic heterocycles. The minimum absolute atomic E-state index is 0.253. The van der Waals surface area contributed by atoms with Gasteiger partial charge in [-0.2, -0.15) is 0 Å². The highest BCUT2D eigenvalue weighted by molar-refractivity contribution is 7.12. The van der Waals surface area contributed by atoms with E-state index in [1.807, 2.05) is 76.9 Å². The molecule has 0 bridgehead atoms. The quantitative estimate of drug-likeness (QED) is 0.359. The van der Waals surface area contributed by atoms with Gasteiger partial charge in [0.1, 0.15) is 11.7 Å². The fourth-order valence-corrected chi connectivity index (χ4v) is 4.37. The number of carbonyl (C=O) groups is 2. The van der Waals surface area contributed by atoms with E-state index >= 15 is 0 Å². The second kappa shape index (κ2) is 8.68. The Morgan fingerprint density at radius 3 is 2.81 bits per heavy atom. The van der Waals surface area contributed by atoms with E-state index in [9.17, 15) is 9.59 Å². The number of nitrogens with zero attached hydrogens (tertiary/aromatic N) is 2. The standard InChI is InChI=1S/C24H21N5O2S/c30-23(26-14-17-15-29-10-4-3-9-22(29)27-17)20(28-24(31)21-8-5-11-32-21)12-16-13-25-19-7-2-1-6-18(16)19/h1-11,13,15,20,25H,12,14H2,(H,26,30)(H,28,31)/t20-/m0/s1. The van der Waals surface area contributed by atoms with Gasteiger partial charge in [0.25, 0.3) is 5.91 Å². The van der Waals surface area contributed by atoms with Crippen LogP contribution in [0.25, 0.3) is 16.6 Å². The number of aromatic nitrogens is 3. The van der Waals surface area contributed by atoms with Crippen LogP contribution in [0.15, 0.2) is 78.6 Å². The number of benzene rings is 1. The highest BCUT2D eigenvalue weighted by Gasteiger charge is 2.23. The molecule has 0 spiro atoms. The van der Waals surface area contributed by atoms with Crippen molar-refractivity contribution in [3.63, 3.8) is 0 Å². The molecule has 0 radical (unpaired) electrons. The van der Waals surface area contributed by atoms with Crippen LogP contribution in [-0.2, 0) is 17.8 Å². The van der Waals surface area contributed by atoms with E-state index in [4.69, 9.17) is 0 Å². The molecule has 8 heteroatoms. The number of H-pyrrole nitrogens is 1. The molecule has 1 aromatic carbocycles. The Morgan fingerprint density at radius 1 is 1.09 bits per heavy atom. The van der Waals surface area contributed by atoms with Gasteiger partial charge >= 0.3 is 0 Å². The maximum absolute atomic E-state index is 13.1. The van der Waals surface area contributed by atoms with Gasteiger partial charge in [-0.3, -0.25) is 9.59 Å². The van der Waals surface area contributed by atoms with Crippen molar-refractivity contribution in [3.05, 3.63) is 94.7 Å². The monoisotopic (exact) mass is 443 g/mol. The number of aromatic amines is 1. The van der Waals surface area contributed by atoms with Crippen molar-refractivity contribution in [2.45, 2.75) is 19.0 Å². The number of amides is 2. The number of pyridine rings is 1. The van der Waals surface area contributed by atoms with Gasteiger partial charge < -0.3 is 20.0 Å². The second-order valence-electron chi connectivity index (χ2n) is 7.48. The third-order valence-electron chi connectivity index (χ3n) is 5.32. The molecule has 0 fully saturated rings. The van der Waals surface area contributed by atoms with Crippen LogP contribution in [0.5, 0.6) is 0 Å². The molecule has 32 heavy (non-hydrogen) atoms. The van der Waals surface area contributed by atoms with E-state index in [0.29, 0.717) is 11.3 Å². The molecule has 5 aromatic rings. The summed E-state index contributed by atoms with van der Waals surface area (Å²) < 4.78 is 1.91. The molecule has 0 saturated carbocycles.